The molecule has 2 rings (SSSR count). The standard InChI is InChI=1S/C17H20ClN3O2S/c1-3-21(2)9-8-19-16(22)12-6-7-13(18)14(11-12)20-17(23)15-5-4-10-24-15/h4-7,10-11H,3,8-9H2,1-2H3,(H,19,22)(H,20,23). The van der Waals surface area contributed by atoms with E-state index in [1.54, 1.807) is 30.3 Å². The summed E-state index contributed by atoms with van der Waals surface area (Å²) in [5.41, 5.74) is 0.883. The summed E-state index contributed by atoms with van der Waals surface area (Å²) in [5, 5.41) is 7.82. The molecule has 2 N–H and O–H groups in total. The first kappa shape index (κ1) is 18.4. The number of anilines is 1. The lowest BCUT2D eigenvalue weighted by Crippen LogP contribution is -2.32. The molecule has 0 fully saturated rings. The largest absolute Gasteiger partial charge is 0.351 e. The fourth-order valence-electron chi connectivity index (χ4n) is 1.97. The van der Waals surface area contributed by atoms with Crippen LogP contribution in [0, 0.1) is 0 Å². The molecular weight excluding hydrogens is 346 g/mol. The molecule has 0 aliphatic rings. The lowest BCUT2D eigenvalue weighted by Gasteiger charge is -2.14. The van der Waals surface area contributed by atoms with E-state index in [4.69, 9.17) is 11.6 Å². The first-order valence-electron chi connectivity index (χ1n) is 7.62. The second kappa shape index (κ2) is 8.82. The molecule has 0 spiro atoms. The van der Waals surface area contributed by atoms with Crippen molar-refractivity contribution >= 4 is 40.4 Å². The van der Waals surface area contributed by atoms with E-state index in [0.717, 1.165) is 13.1 Å². The fraction of sp³-hybridized carbons (Fsp3) is 0.294. The van der Waals surface area contributed by atoms with Gasteiger partial charge in [0, 0.05) is 18.7 Å². The Kier molecular flexibility index (Phi) is 6.78. The number of likely N-dealkylation sites (N-methyl/N-ethyl adjacent to an activating group) is 1. The van der Waals surface area contributed by atoms with Crippen LogP contribution in [0.5, 0.6) is 0 Å². The molecule has 5 nitrogen and oxygen atoms in total. The molecule has 0 saturated carbocycles. The highest BCUT2D eigenvalue weighted by Gasteiger charge is 2.12. The number of rotatable bonds is 7. The molecule has 0 radical (unpaired) electrons. The van der Waals surface area contributed by atoms with Gasteiger partial charge in [-0.25, -0.2) is 0 Å². The Hall–Kier alpha value is -1.89. The summed E-state index contributed by atoms with van der Waals surface area (Å²) in [7, 11) is 1.99. The average Bonchev–Trinajstić information content (AvgIpc) is 3.11. The van der Waals surface area contributed by atoms with Crippen molar-refractivity contribution in [2.45, 2.75) is 6.92 Å². The molecule has 1 aromatic heterocycles. The van der Waals surface area contributed by atoms with E-state index in [0.29, 0.717) is 27.7 Å². The van der Waals surface area contributed by atoms with E-state index in [1.165, 1.54) is 11.3 Å². The zero-order valence-electron chi connectivity index (χ0n) is 13.6. The highest BCUT2D eigenvalue weighted by molar-refractivity contribution is 7.12. The van der Waals surface area contributed by atoms with Crippen molar-refractivity contribution in [3.63, 3.8) is 0 Å². The Labute approximate surface area is 150 Å². The van der Waals surface area contributed by atoms with Gasteiger partial charge in [-0.1, -0.05) is 24.6 Å². The lowest BCUT2D eigenvalue weighted by molar-refractivity contribution is 0.0949. The topological polar surface area (TPSA) is 61.4 Å². The Morgan fingerprint density at radius 1 is 1.25 bits per heavy atom. The van der Waals surface area contributed by atoms with Crippen molar-refractivity contribution in [1.82, 2.24) is 10.2 Å². The monoisotopic (exact) mass is 365 g/mol. The number of carbonyl (C=O) groups is 2. The number of nitrogens with zero attached hydrogens (tertiary/aromatic N) is 1. The van der Waals surface area contributed by atoms with Gasteiger partial charge in [0.05, 0.1) is 15.6 Å². The van der Waals surface area contributed by atoms with Gasteiger partial charge in [0.1, 0.15) is 0 Å². The smallest absolute Gasteiger partial charge is 0.265 e. The summed E-state index contributed by atoms with van der Waals surface area (Å²) in [5.74, 6) is -0.433. The van der Waals surface area contributed by atoms with Crippen molar-refractivity contribution in [1.29, 1.82) is 0 Å². The van der Waals surface area contributed by atoms with Crippen molar-refractivity contribution in [3.8, 4) is 0 Å². The average molecular weight is 366 g/mol. The quantitative estimate of drug-likeness (QED) is 0.791. The number of carbonyl (C=O) groups excluding carboxylic acids is 2. The summed E-state index contributed by atoms with van der Waals surface area (Å²) >= 11 is 7.46. The van der Waals surface area contributed by atoms with Gasteiger partial charge in [-0.15, -0.1) is 11.3 Å². The van der Waals surface area contributed by atoms with Crippen LogP contribution in [-0.2, 0) is 0 Å². The molecule has 24 heavy (non-hydrogen) atoms. The summed E-state index contributed by atoms with van der Waals surface area (Å²) < 4.78 is 0. The van der Waals surface area contributed by atoms with Crippen LogP contribution in [0.15, 0.2) is 35.7 Å². The minimum atomic E-state index is -0.242. The van der Waals surface area contributed by atoms with Crippen LogP contribution in [0.25, 0.3) is 0 Å². The Morgan fingerprint density at radius 3 is 2.71 bits per heavy atom. The molecule has 1 heterocycles. The molecule has 0 aliphatic carbocycles. The van der Waals surface area contributed by atoms with Crippen molar-refractivity contribution < 1.29 is 9.59 Å². The number of hydrogen-bond donors (Lipinski definition) is 2. The summed E-state index contributed by atoms with van der Waals surface area (Å²) in [6.07, 6.45) is 0. The van der Waals surface area contributed by atoms with Crippen LogP contribution in [0.4, 0.5) is 5.69 Å². The minimum absolute atomic E-state index is 0.192. The molecule has 0 aliphatic heterocycles. The predicted octanol–water partition coefficient (Wildman–Crippen LogP) is 3.34. The maximum absolute atomic E-state index is 12.2. The Balaban J connectivity index is 2.02. The number of thiophene rings is 1. The van der Waals surface area contributed by atoms with Gasteiger partial charge in [0.2, 0.25) is 0 Å². The molecule has 0 bridgehead atoms. The van der Waals surface area contributed by atoms with Crippen molar-refractivity contribution in [2.24, 2.45) is 0 Å². The second-order valence-electron chi connectivity index (χ2n) is 5.28. The zero-order chi connectivity index (χ0) is 17.5. The summed E-state index contributed by atoms with van der Waals surface area (Å²) in [6, 6.07) is 8.38. The molecule has 2 amide bonds. The molecule has 0 unspecified atom stereocenters. The van der Waals surface area contributed by atoms with E-state index in [1.807, 2.05) is 12.4 Å². The number of hydrogen-bond acceptors (Lipinski definition) is 4. The van der Waals surface area contributed by atoms with Crippen LogP contribution in [-0.4, -0.2) is 43.4 Å². The number of amides is 2. The van der Waals surface area contributed by atoms with E-state index in [-0.39, 0.29) is 11.8 Å². The number of nitrogens with one attached hydrogen (secondary N) is 2. The first-order chi connectivity index (χ1) is 11.5. The van der Waals surface area contributed by atoms with Gasteiger partial charge in [0.25, 0.3) is 11.8 Å². The molecule has 7 heteroatoms. The maximum Gasteiger partial charge on any atom is 0.265 e. The molecule has 128 valence electrons. The van der Waals surface area contributed by atoms with E-state index >= 15 is 0 Å². The van der Waals surface area contributed by atoms with Crippen LogP contribution in [0.1, 0.15) is 27.0 Å². The molecule has 0 atom stereocenters. The summed E-state index contributed by atoms with van der Waals surface area (Å²) in [6.45, 7) is 4.32. The highest BCUT2D eigenvalue weighted by Crippen LogP contribution is 2.24. The van der Waals surface area contributed by atoms with E-state index < -0.39 is 0 Å². The number of halogens is 1. The van der Waals surface area contributed by atoms with Gasteiger partial charge < -0.3 is 15.5 Å². The van der Waals surface area contributed by atoms with E-state index in [9.17, 15) is 9.59 Å². The Morgan fingerprint density at radius 2 is 2.04 bits per heavy atom. The van der Waals surface area contributed by atoms with Crippen LogP contribution >= 0.6 is 22.9 Å². The minimum Gasteiger partial charge on any atom is -0.351 e. The third-order valence-electron chi connectivity index (χ3n) is 3.54. The van der Waals surface area contributed by atoms with Gasteiger partial charge in [0.15, 0.2) is 0 Å². The normalized spacial score (nSPS) is 10.7. The van der Waals surface area contributed by atoms with Crippen LogP contribution < -0.4 is 10.6 Å². The first-order valence-corrected chi connectivity index (χ1v) is 8.88. The third kappa shape index (κ3) is 5.06. The number of benzene rings is 1. The van der Waals surface area contributed by atoms with Crippen LogP contribution in [0.2, 0.25) is 5.02 Å². The summed E-state index contributed by atoms with van der Waals surface area (Å²) in [4.78, 5) is 27.0. The van der Waals surface area contributed by atoms with Crippen molar-refractivity contribution in [2.75, 3.05) is 32.0 Å². The van der Waals surface area contributed by atoms with Gasteiger partial charge in [-0.2, -0.15) is 0 Å². The predicted molar refractivity (Wildman–Crippen MR) is 99.2 cm³/mol. The maximum atomic E-state index is 12.2. The van der Waals surface area contributed by atoms with Gasteiger partial charge in [-0.3, -0.25) is 9.59 Å². The van der Waals surface area contributed by atoms with Crippen LogP contribution in [0.3, 0.4) is 0 Å². The van der Waals surface area contributed by atoms with Gasteiger partial charge >= 0.3 is 0 Å². The molecule has 1 aromatic carbocycles. The molecule has 2 aromatic rings. The van der Waals surface area contributed by atoms with Gasteiger partial charge in [-0.05, 0) is 43.2 Å². The van der Waals surface area contributed by atoms with E-state index in [2.05, 4.69) is 22.5 Å². The SMILES string of the molecule is CCN(C)CCNC(=O)c1ccc(Cl)c(NC(=O)c2cccs2)c1. The second-order valence-corrected chi connectivity index (χ2v) is 6.63. The fourth-order valence-corrected chi connectivity index (χ4v) is 2.76. The lowest BCUT2D eigenvalue weighted by atomic mass is 10.2. The molecular formula is C17H20ClN3O2S. The zero-order valence-corrected chi connectivity index (χ0v) is 15.2. The van der Waals surface area contributed by atoms with Crippen molar-refractivity contribution in [3.05, 3.63) is 51.2 Å². The third-order valence-corrected chi connectivity index (χ3v) is 4.74. The Bertz CT molecular complexity index is 704. The molecule has 0 saturated heterocycles. The highest BCUT2D eigenvalue weighted by atomic mass is 35.5.